The average Bonchev–Trinajstić information content (AvgIpc) is 3.43. The standard InChI is InChI=1S/C24H23FN2O2S/c1-16-5-2-3-6-19(16)20-14-27(24(29)22-7-4-12-30-22)15-21(20)23(28)26-13-17-8-10-18(25)11-9-17/h2-12,20-21H,13-15H2,1H3,(H,26,28). The van der Waals surface area contributed by atoms with E-state index in [1.54, 1.807) is 17.0 Å². The van der Waals surface area contributed by atoms with Crippen molar-refractivity contribution in [1.82, 2.24) is 10.2 Å². The van der Waals surface area contributed by atoms with Gasteiger partial charge in [0.2, 0.25) is 5.91 Å². The highest BCUT2D eigenvalue weighted by Gasteiger charge is 2.41. The number of halogens is 1. The van der Waals surface area contributed by atoms with Gasteiger partial charge < -0.3 is 10.2 Å². The highest BCUT2D eigenvalue weighted by molar-refractivity contribution is 7.12. The van der Waals surface area contributed by atoms with Gasteiger partial charge in [-0.25, -0.2) is 4.39 Å². The van der Waals surface area contributed by atoms with E-state index in [4.69, 9.17) is 0 Å². The Labute approximate surface area is 179 Å². The number of carbonyl (C=O) groups is 2. The summed E-state index contributed by atoms with van der Waals surface area (Å²) in [7, 11) is 0. The molecule has 1 fully saturated rings. The Morgan fingerprint density at radius 3 is 2.53 bits per heavy atom. The molecule has 1 saturated heterocycles. The smallest absolute Gasteiger partial charge is 0.263 e. The summed E-state index contributed by atoms with van der Waals surface area (Å²) >= 11 is 1.41. The van der Waals surface area contributed by atoms with Gasteiger partial charge in [-0.05, 0) is 47.2 Å². The van der Waals surface area contributed by atoms with Crippen molar-refractivity contribution in [3.05, 3.63) is 93.4 Å². The lowest BCUT2D eigenvalue weighted by Crippen LogP contribution is -2.35. The first-order chi connectivity index (χ1) is 14.5. The van der Waals surface area contributed by atoms with Crippen LogP contribution >= 0.6 is 11.3 Å². The molecule has 2 atom stereocenters. The topological polar surface area (TPSA) is 49.4 Å². The zero-order chi connectivity index (χ0) is 21.1. The van der Waals surface area contributed by atoms with E-state index in [2.05, 4.69) is 5.32 Å². The van der Waals surface area contributed by atoms with Crippen molar-refractivity contribution >= 4 is 23.2 Å². The molecule has 4 rings (SSSR count). The lowest BCUT2D eigenvalue weighted by molar-refractivity contribution is -0.125. The number of aryl methyl sites for hydroxylation is 1. The summed E-state index contributed by atoms with van der Waals surface area (Å²) in [5.74, 6) is -0.825. The molecule has 2 heterocycles. The summed E-state index contributed by atoms with van der Waals surface area (Å²) in [6.45, 7) is 3.25. The van der Waals surface area contributed by atoms with Crippen LogP contribution in [0.2, 0.25) is 0 Å². The first-order valence-corrected chi connectivity index (χ1v) is 10.8. The second-order valence-corrected chi connectivity index (χ2v) is 8.55. The van der Waals surface area contributed by atoms with Crippen LogP contribution < -0.4 is 5.32 Å². The number of thiophene rings is 1. The van der Waals surface area contributed by atoms with Crippen LogP contribution in [0.5, 0.6) is 0 Å². The van der Waals surface area contributed by atoms with Gasteiger partial charge in [-0.1, -0.05) is 42.5 Å². The molecule has 0 radical (unpaired) electrons. The van der Waals surface area contributed by atoms with Crippen molar-refractivity contribution in [3.63, 3.8) is 0 Å². The average molecular weight is 423 g/mol. The van der Waals surface area contributed by atoms with Gasteiger partial charge in [0.1, 0.15) is 5.82 Å². The molecular weight excluding hydrogens is 399 g/mol. The van der Waals surface area contributed by atoms with Gasteiger partial charge in [0.25, 0.3) is 5.91 Å². The van der Waals surface area contributed by atoms with Crippen LogP contribution in [-0.2, 0) is 11.3 Å². The first-order valence-electron chi connectivity index (χ1n) is 9.93. The number of likely N-dealkylation sites (tertiary alicyclic amines) is 1. The predicted octanol–water partition coefficient (Wildman–Crippen LogP) is 4.37. The third kappa shape index (κ3) is 4.28. The second-order valence-electron chi connectivity index (χ2n) is 7.60. The summed E-state index contributed by atoms with van der Waals surface area (Å²) in [5, 5.41) is 4.86. The fraction of sp³-hybridized carbons (Fsp3) is 0.250. The minimum Gasteiger partial charge on any atom is -0.352 e. The Balaban J connectivity index is 1.54. The van der Waals surface area contributed by atoms with Gasteiger partial charge >= 0.3 is 0 Å². The van der Waals surface area contributed by atoms with Gasteiger partial charge in [-0.3, -0.25) is 9.59 Å². The number of rotatable bonds is 5. The van der Waals surface area contributed by atoms with Crippen molar-refractivity contribution < 1.29 is 14.0 Å². The van der Waals surface area contributed by atoms with E-state index in [1.807, 2.05) is 48.7 Å². The zero-order valence-corrected chi connectivity index (χ0v) is 17.5. The minimum absolute atomic E-state index is 0.0302. The number of carbonyl (C=O) groups excluding carboxylic acids is 2. The van der Waals surface area contributed by atoms with Crippen molar-refractivity contribution in [2.45, 2.75) is 19.4 Å². The van der Waals surface area contributed by atoms with Crippen molar-refractivity contribution in [2.75, 3.05) is 13.1 Å². The monoisotopic (exact) mass is 422 g/mol. The third-order valence-corrected chi connectivity index (χ3v) is 6.50. The predicted molar refractivity (Wildman–Crippen MR) is 116 cm³/mol. The van der Waals surface area contributed by atoms with E-state index in [1.165, 1.54) is 23.5 Å². The summed E-state index contributed by atoms with van der Waals surface area (Å²) in [6.07, 6.45) is 0. The largest absolute Gasteiger partial charge is 0.352 e. The molecule has 0 spiro atoms. The summed E-state index contributed by atoms with van der Waals surface area (Å²) in [4.78, 5) is 28.5. The summed E-state index contributed by atoms with van der Waals surface area (Å²) < 4.78 is 13.1. The van der Waals surface area contributed by atoms with Gasteiger partial charge in [0.05, 0.1) is 10.8 Å². The van der Waals surface area contributed by atoms with Crippen LogP contribution in [0.4, 0.5) is 4.39 Å². The Morgan fingerprint density at radius 1 is 1.07 bits per heavy atom. The molecule has 2 amide bonds. The van der Waals surface area contributed by atoms with Gasteiger partial charge in [-0.2, -0.15) is 0 Å². The number of amides is 2. The van der Waals surface area contributed by atoms with E-state index < -0.39 is 0 Å². The molecule has 2 unspecified atom stereocenters. The van der Waals surface area contributed by atoms with E-state index in [0.717, 1.165) is 16.7 Å². The normalized spacial score (nSPS) is 18.4. The molecule has 1 aliphatic heterocycles. The van der Waals surface area contributed by atoms with Crippen LogP contribution in [0, 0.1) is 18.7 Å². The number of nitrogens with one attached hydrogen (secondary N) is 1. The number of hydrogen-bond donors (Lipinski definition) is 1. The fourth-order valence-corrected chi connectivity index (χ4v) is 4.72. The van der Waals surface area contributed by atoms with E-state index in [-0.39, 0.29) is 29.5 Å². The van der Waals surface area contributed by atoms with Crippen molar-refractivity contribution in [2.24, 2.45) is 5.92 Å². The molecule has 0 bridgehead atoms. The lowest BCUT2D eigenvalue weighted by Gasteiger charge is -2.20. The Morgan fingerprint density at radius 2 is 1.83 bits per heavy atom. The van der Waals surface area contributed by atoms with Crippen molar-refractivity contribution in [3.8, 4) is 0 Å². The molecule has 30 heavy (non-hydrogen) atoms. The van der Waals surface area contributed by atoms with E-state index >= 15 is 0 Å². The maximum Gasteiger partial charge on any atom is 0.263 e. The quantitative estimate of drug-likeness (QED) is 0.664. The number of hydrogen-bond acceptors (Lipinski definition) is 3. The molecule has 1 aromatic heterocycles. The summed E-state index contributed by atoms with van der Waals surface area (Å²) in [6, 6.07) is 17.8. The van der Waals surface area contributed by atoms with Gasteiger partial charge in [0, 0.05) is 25.6 Å². The minimum atomic E-state index is -0.338. The molecule has 2 aromatic carbocycles. The molecular formula is C24H23FN2O2S. The molecule has 0 aliphatic carbocycles. The number of benzene rings is 2. The highest BCUT2D eigenvalue weighted by atomic mass is 32.1. The molecule has 1 N–H and O–H groups in total. The third-order valence-electron chi connectivity index (χ3n) is 5.64. The van der Waals surface area contributed by atoms with Crippen LogP contribution in [-0.4, -0.2) is 29.8 Å². The maximum absolute atomic E-state index is 13.1. The van der Waals surface area contributed by atoms with Crippen LogP contribution in [0.25, 0.3) is 0 Å². The van der Waals surface area contributed by atoms with Crippen LogP contribution in [0.1, 0.15) is 32.3 Å². The van der Waals surface area contributed by atoms with Crippen LogP contribution in [0.3, 0.4) is 0 Å². The molecule has 1 aliphatic rings. The van der Waals surface area contributed by atoms with Crippen molar-refractivity contribution in [1.29, 1.82) is 0 Å². The molecule has 6 heteroatoms. The second kappa shape index (κ2) is 8.79. The Hall–Kier alpha value is -2.99. The van der Waals surface area contributed by atoms with E-state index in [0.29, 0.717) is 24.5 Å². The highest BCUT2D eigenvalue weighted by Crippen LogP contribution is 2.35. The first kappa shape index (κ1) is 20.3. The molecule has 0 saturated carbocycles. The maximum atomic E-state index is 13.1. The Kier molecular flexibility index (Phi) is 5.95. The fourth-order valence-electron chi connectivity index (χ4n) is 4.03. The molecule has 4 nitrogen and oxygen atoms in total. The van der Waals surface area contributed by atoms with Gasteiger partial charge in [-0.15, -0.1) is 11.3 Å². The number of nitrogens with zero attached hydrogens (tertiary/aromatic N) is 1. The Bertz CT molecular complexity index is 1030. The molecule has 3 aromatic rings. The van der Waals surface area contributed by atoms with Gasteiger partial charge in [0.15, 0.2) is 0 Å². The summed E-state index contributed by atoms with van der Waals surface area (Å²) in [5.41, 5.74) is 3.05. The SMILES string of the molecule is Cc1ccccc1C1CN(C(=O)c2cccs2)CC1C(=O)NCc1ccc(F)cc1. The zero-order valence-electron chi connectivity index (χ0n) is 16.7. The van der Waals surface area contributed by atoms with E-state index in [9.17, 15) is 14.0 Å². The molecule has 154 valence electrons. The van der Waals surface area contributed by atoms with Crippen LogP contribution in [0.15, 0.2) is 66.0 Å². The lowest BCUT2D eigenvalue weighted by atomic mass is 9.86.